The molecule has 0 unspecified atom stereocenters. The number of amides is 3. The Hall–Kier alpha value is -2.99. The monoisotopic (exact) mass is 379 g/mol. The molecule has 0 fully saturated rings. The van der Waals surface area contributed by atoms with Crippen LogP contribution >= 0.6 is 0 Å². The van der Waals surface area contributed by atoms with Crippen molar-refractivity contribution in [2.45, 2.75) is 38.8 Å². The highest BCUT2D eigenvalue weighted by molar-refractivity contribution is 6.22. The van der Waals surface area contributed by atoms with Gasteiger partial charge in [0.05, 0.1) is 17.7 Å². The topological polar surface area (TPSA) is 92.5 Å². The van der Waals surface area contributed by atoms with E-state index in [0.29, 0.717) is 17.7 Å². The summed E-state index contributed by atoms with van der Waals surface area (Å²) in [5.41, 5.74) is 7.57. The Balaban J connectivity index is 1.77. The highest BCUT2D eigenvalue weighted by atomic mass is 16.2. The zero-order chi connectivity index (χ0) is 20.3. The average molecular weight is 379 g/mol. The van der Waals surface area contributed by atoms with Gasteiger partial charge in [-0.1, -0.05) is 44.2 Å². The maximum atomic E-state index is 12.7. The lowest BCUT2D eigenvalue weighted by Gasteiger charge is -2.26. The molecule has 3 rings (SSSR count). The Morgan fingerprint density at radius 1 is 1.00 bits per heavy atom. The lowest BCUT2D eigenvalue weighted by atomic mass is 9.94. The van der Waals surface area contributed by atoms with Crippen molar-refractivity contribution >= 4 is 17.7 Å². The summed E-state index contributed by atoms with van der Waals surface area (Å²) < 4.78 is 0. The van der Waals surface area contributed by atoms with Gasteiger partial charge in [0, 0.05) is 17.6 Å². The molecule has 6 heteroatoms. The van der Waals surface area contributed by atoms with E-state index in [-0.39, 0.29) is 29.8 Å². The van der Waals surface area contributed by atoms with E-state index in [1.165, 1.54) is 11.0 Å². The summed E-state index contributed by atoms with van der Waals surface area (Å²) in [6.07, 6.45) is 1.49. The molecule has 3 amide bonds. The van der Waals surface area contributed by atoms with Crippen LogP contribution in [-0.2, 0) is 6.54 Å². The molecule has 0 aliphatic carbocycles. The van der Waals surface area contributed by atoms with Crippen molar-refractivity contribution in [1.82, 2.24) is 10.2 Å². The van der Waals surface area contributed by atoms with Crippen molar-refractivity contribution in [3.63, 3.8) is 0 Å². The summed E-state index contributed by atoms with van der Waals surface area (Å²) in [6, 6.07) is 13.9. The second-order valence-corrected chi connectivity index (χ2v) is 7.19. The number of hydrogen-bond donors (Lipinski definition) is 2. The number of nitrogens with one attached hydrogen (secondary N) is 1. The van der Waals surface area contributed by atoms with E-state index in [1.807, 2.05) is 44.2 Å². The maximum Gasteiger partial charge on any atom is 0.261 e. The van der Waals surface area contributed by atoms with Crippen molar-refractivity contribution in [3.05, 3.63) is 70.8 Å². The molecule has 146 valence electrons. The predicted molar refractivity (Wildman–Crippen MR) is 107 cm³/mol. The largest absolute Gasteiger partial charge is 0.350 e. The summed E-state index contributed by atoms with van der Waals surface area (Å²) >= 11 is 0. The third-order valence-corrected chi connectivity index (χ3v) is 5.43. The van der Waals surface area contributed by atoms with Crippen LogP contribution in [0.5, 0.6) is 0 Å². The van der Waals surface area contributed by atoms with E-state index in [0.717, 1.165) is 18.4 Å². The molecular weight excluding hydrogens is 354 g/mol. The van der Waals surface area contributed by atoms with Crippen molar-refractivity contribution in [2.24, 2.45) is 5.73 Å². The van der Waals surface area contributed by atoms with Gasteiger partial charge in [0.1, 0.15) is 0 Å². The molecule has 0 spiro atoms. The highest BCUT2D eigenvalue weighted by Crippen LogP contribution is 2.25. The summed E-state index contributed by atoms with van der Waals surface area (Å²) in [4.78, 5) is 39.1. The number of fused-ring (bicyclic) bond motifs is 1. The van der Waals surface area contributed by atoms with Crippen LogP contribution in [0.2, 0.25) is 0 Å². The molecular formula is C22H25N3O3. The Morgan fingerprint density at radius 2 is 1.64 bits per heavy atom. The van der Waals surface area contributed by atoms with E-state index in [9.17, 15) is 14.4 Å². The minimum absolute atomic E-state index is 0.206. The third kappa shape index (κ3) is 3.82. The first kappa shape index (κ1) is 19.8. The van der Waals surface area contributed by atoms with Gasteiger partial charge < -0.3 is 11.1 Å². The van der Waals surface area contributed by atoms with Gasteiger partial charge in [0.15, 0.2) is 0 Å². The zero-order valence-electron chi connectivity index (χ0n) is 16.2. The van der Waals surface area contributed by atoms with Crippen LogP contribution in [0, 0.1) is 0 Å². The number of benzene rings is 2. The number of carbonyl (C=O) groups excluding carboxylic acids is 3. The van der Waals surface area contributed by atoms with E-state index < -0.39 is 5.54 Å². The minimum Gasteiger partial charge on any atom is -0.350 e. The van der Waals surface area contributed by atoms with Crippen LogP contribution in [0.1, 0.15) is 63.3 Å². The predicted octanol–water partition coefficient (Wildman–Crippen LogP) is 2.73. The molecule has 2 aromatic carbocycles. The van der Waals surface area contributed by atoms with Gasteiger partial charge in [-0.15, -0.1) is 0 Å². The molecule has 0 aromatic heterocycles. The Bertz CT molecular complexity index is 904. The second-order valence-electron chi connectivity index (χ2n) is 7.19. The van der Waals surface area contributed by atoms with E-state index in [2.05, 4.69) is 5.32 Å². The van der Waals surface area contributed by atoms with Crippen LogP contribution in [0.15, 0.2) is 48.5 Å². The van der Waals surface area contributed by atoms with Crippen LogP contribution in [0.3, 0.4) is 0 Å². The smallest absolute Gasteiger partial charge is 0.261 e. The Labute approximate surface area is 164 Å². The van der Waals surface area contributed by atoms with E-state index >= 15 is 0 Å². The maximum absolute atomic E-state index is 12.7. The number of nitrogens with two attached hydrogens (primary N) is 1. The first-order valence-corrected chi connectivity index (χ1v) is 9.50. The van der Waals surface area contributed by atoms with E-state index in [4.69, 9.17) is 5.73 Å². The molecule has 2 aromatic rings. The van der Waals surface area contributed by atoms with Gasteiger partial charge in [-0.2, -0.15) is 0 Å². The normalized spacial score (nSPS) is 13.6. The number of nitrogens with zero attached hydrogens (tertiary/aromatic N) is 1. The molecule has 1 aliphatic rings. The molecule has 0 radical (unpaired) electrons. The standard InChI is InChI=1S/C22H25N3O3/c1-3-22(23,4-2)14-24-19(26)16-10-11-17-18(12-16)21(28)25(20(17)27)13-15-8-6-5-7-9-15/h5-12H,3-4,13-14,23H2,1-2H3,(H,24,26). The fourth-order valence-electron chi connectivity index (χ4n) is 3.20. The second kappa shape index (κ2) is 7.94. The van der Waals surface area contributed by atoms with Gasteiger partial charge in [-0.3, -0.25) is 19.3 Å². The molecule has 0 saturated heterocycles. The first-order valence-electron chi connectivity index (χ1n) is 9.50. The molecule has 0 saturated carbocycles. The molecule has 0 atom stereocenters. The fourth-order valence-corrected chi connectivity index (χ4v) is 3.20. The number of imide groups is 1. The quantitative estimate of drug-likeness (QED) is 0.724. The van der Waals surface area contributed by atoms with E-state index in [1.54, 1.807) is 12.1 Å². The summed E-state index contributed by atoms with van der Waals surface area (Å²) in [7, 11) is 0. The Morgan fingerprint density at radius 3 is 2.29 bits per heavy atom. The molecule has 0 bridgehead atoms. The van der Waals surface area contributed by atoms with Crippen LogP contribution in [-0.4, -0.2) is 34.7 Å². The van der Waals surface area contributed by atoms with Crippen molar-refractivity contribution in [2.75, 3.05) is 6.54 Å². The SMILES string of the molecule is CCC(N)(CC)CNC(=O)c1ccc2c(c1)C(=O)N(Cc1ccccc1)C2=O. The summed E-state index contributed by atoms with van der Waals surface area (Å²) in [5, 5.41) is 2.84. The number of hydrogen-bond acceptors (Lipinski definition) is 4. The lowest BCUT2D eigenvalue weighted by molar-refractivity contribution is 0.0642. The number of carbonyl (C=O) groups is 3. The highest BCUT2D eigenvalue weighted by Gasteiger charge is 2.36. The molecule has 1 heterocycles. The first-order chi connectivity index (χ1) is 13.4. The van der Waals surface area contributed by atoms with Gasteiger partial charge in [0.2, 0.25) is 0 Å². The summed E-state index contributed by atoms with van der Waals surface area (Å²) in [6.45, 7) is 4.52. The molecule has 1 aliphatic heterocycles. The zero-order valence-corrected chi connectivity index (χ0v) is 16.2. The van der Waals surface area contributed by atoms with Crippen molar-refractivity contribution < 1.29 is 14.4 Å². The van der Waals surface area contributed by atoms with Gasteiger partial charge in [-0.25, -0.2) is 0 Å². The summed E-state index contributed by atoms with van der Waals surface area (Å²) in [5.74, 6) is -1.02. The van der Waals surface area contributed by atoms with Crippen LogP contribution in [0.4, 0.5) is 0 Å². The average Bonchev–Trinajstić information content (AvgIpc) is 2.97. The molecule has 3 N–H and O–H groups in total. The lowest BCUT2D eigenvalue weighted by Crippen LogP contribution is -2.49. The van der Waals surface area contributed by atoms with Crippen LogP contribution < -0.4 is 11.1 Å². The van der Waals surface area contributed by atoms with Gasteiger partial charge >= 0.3 is 0 Å². The van der Waals surface area contributed by atoms with Gasteiger partial charge in [0.25, 0.3) is 17.7 Å². The molecule has 6 nitrogen and oxygen atoms in total. The third-order valence-electron chi connectivity index (χ3n) is 5.43. The van der Waals surface area contributed by atoms with Crippen molar-refractivity contribution in [1.29, 1.82) is 0 Å². The fraction of sp³-hybridized carbons (Fsp3) is 0.318. The minimum atomic E-state index is -0.454. The van der Waals surface area contributed by atoms with Crippen molar-refractivity contribution in [3.8, 4) is 0 Å². The Kier molecular flexibility index (Phi) is 5.61. The van der Waals surface area contributed by atoms with Gasteiger partial charge in [-0.05, 0) is 36.6 Å². The number of rotatable bonds is 7. The van der Waals surface area contributed by atoms with Crippen LogP contribution in [0.25, 0.3) is 0 Å². The molecule has 28 heavy (non-hydrogen) atoms.